The summed E-state index contributed by atoms with van der Waals surface area (Å²) < 4.78 is 0. The smallest absolute Gasteiger partial charge is 0.252 e. The molecule has 6 nitrogen and oxygen atoms in total. The third-order valence-electron chi connectivity index (χ3n) is 1.92. The normalized spacial score (nSPS) is 9.18. The molecule has 0 bridgehead atoms. The molecule has 6 heteroatoms. The fourth-order valence-corrected chi connectivity index (χ4v) is 1.11. The van der Waals surface area contributed by atoms with Gasteiger partial charge in [0.15, 0.2) is 0 Å². The van der Waals surface area contributed by atoms with Crippen LogP contribution in [0.3, 0.4) is 0 Å². The van der Waals surface area contributed by atoms with Gasteiger partial charge in [-0.3, -0.25) is 9.59 Å². The minimum Gasteiger partial charge on any atom is -0.355 e. The van der Waals surface area contributed by atoms with E-state index >= 15 is 0 Å². The van der Waals surface area contributed by atoms with E-state index in [0.717, 1.165) is 0 Å². The Hall–Kier alpha value is -2.42. The molecule has 0 aliphatic heterocycles. The molecule has 0 aliphatic carbocycles. The van der Waals surface area contributed by atoms with E-state index in [1.165, 1.54) is 25.3 Å². The number of nitrogens with zero attached hydrogens (tertiary/aromatic N) is 2. The number of pyridine rings is 1. The van der Waals surface area contributed by atoms with Gasteiger partial charge in [0.2, 0.25) is 5.91 Å². The molecule has 0 aromatic carbocycles. The predicted octanol–water partition coefficient (Wildman–Crippen LogP) is -0.181. The van der Waals surface area contributed by atoms with E-state index < -0.39 is 0 Å². The molecule has 1 aromatic heterocycles. The molecule has 88 valence electrons. The van der Waals surface area contributed by atoms with Gasteiger partial charge >= 0.3 is 0 Å². The lowest BCUT2D eigenvalue weighted by Gasteiger charge is -2.05. The number of carbonyl (C=O) groups excluding carboxylic acids is 2. The van der Waals surface area contributed by atoms with Crippen LogP contribution in [0.15, 0.2) is 18.3 Å². The lowest BCUT2D eigenvalue weighted by molar-refractivity contribution is -0.118. The van der Waals surface area contributed by atoms with Gasteiger partial charge in [-0.05, 0) is 12.1 Å². The average Bonchev–Trinajstić information content (AvgIpc) is 2.34. The lowest BCUT2D eigenvalue weighted by Crippen LogP contribution is -2.33. The number of nitriles is 1. The third kappa shape index (κ3) is 4.30. The zero-order valence-electron chi connectivity index (χ0n) is 9.36. The Morgan fingerprint density at radius 3 is 2.59 bits per heavy atom. The van der Waals surface area contributed by atoms with Crippen LogP contribution in [-0.4, -0.2) is 29.9 Å². The fraction of sp³-hybridized carbons (Fsp3) is 0.273. The zero-order chi connectivity index (χ0) is 12.7. The molecule has 1 heterocycles. The molecule has 1 aromatic rings. The van der Waals surface area contributed by atoms with Gasteiger partial charge in [-0.2, -0.15) is 5.26 Å². The summed E-state index contributed by atoms with van der Waals surface area (Å²) in [6, 6.07) is 4.87. The molecule has 0 unspecified atom stereocenters. The monoisotopic (exact) mass is 232 g/mol. The van der Waals surface area contributed by atoms with Crippen LogP contribution in [0.4, 0.5) is 0 Å². The van der Waals surface area contributed by atoms with Crippen LogP contribution in [0.2, 0.25) is 0 Å². The summed E-state index contributed by atoms with van der Waals surface area (Å²) in [5.41, 5.74) is 0.645. The van der Waals surface area contributed by atoms with E-state index in [1.54, 1.807) is 0 Å². The highest BCUT2D eigenvalue weighted by molar-refractivity contribution is 5.93. The molecule has 0 spiro atoms. The van der Waals surface area contributed by atoms with Gasteiger partial charge in [-0.1, -0.05) is 0 Å². The van der Waals surface area contributed by atoms with Crippen molar-refractivity contribution in [3.63, 3.8) is 0 Å². The van der Waals surface area contributed by atoms with Crippen molar-refractivity contribution < 1.29 is 9.59 Å². The largest absolute Gasteiger partial charge is 0.355 e. The number of aromatic nitrogens is 1. The molecular weight excluding hydrogens is 220 g/mol. The van der Waals surface area contributed by atoms with Gasteiger partial charge in [0.25, 0.3) is 5.91 Å². The lowest BCUT2D eigenvalue weighted by atomic mass is 10.2. The first-order valence-corrected chi connectivity index (χ1v) is 5.02. The van der Waals surface area contributed by atoms with Gasteiger partial charge < -0.3 is 10.6 Å². The molecule has 0 aliphatic rings. The van der Waals surface area contributed by atoms with Crippen molar-refractivity contribution >= 4 is 11.8 Å². The first-order chi connectivity index (χ1) is 8.13. The molecular formula is C11H12N4O2. The maximum atomic E-state index is 11.5. The maximum absolute atomic E-state index is 11.5. The number of rotatable bonds is 4. The molecule has 0 fully saturated rings. The molecule has 2 N–H and O–H groups in total. The zero-order valence-corrected chi connectivity index (χ0v) is 9.36. The van der Waals surface area contributed by atoms with E-state index in [2.05, 4.69) is 15.6 Å². The van der Waals surface area contributed by atoms with Crippen LogP contribution in [0.1, 0.15) is 23.0 Å². The van der Waals surface area contributed by atoms with Crippen molar-refractivity contribution in [1.82, 2.24) is 15.6 Å². The van der Waals surface area contributed by atoms with Crippen LogP contribution in [0.25, 0.3) is 0 Å². The standard InChI is InChI=1S/C11H12N4O2/c1-8(16)13-4-5-14-11(17)9-2-3-10(6-12)15-7-9/h2-3,7H,4-5H2,1H3,(H,13,16)(H,14,17). The van der Waals surface area contributed by atoms with Gasteiger partial charge in [0.1, 0.15) is 11.8 Å². The number of hydrogen-bond acceptors (Lipinski definition) is 4. The van der Waals surface area contributed by atoms with E-state index in [1.807, 2.05) is 6.07 Å². The van der Waals surface area contributed by atoms with Crippen molar-refractivity contribution in [1.29, 1.82) is 5.26 Å². The van der Waals surface area contributed by atoms with E-state index in [-0.39, 0.29) is 17.5 Å². The summed E-state index contributed by atoms with van der Waals surface area (Å²) in [5.74, 6) is -0.424. The summed E-state index contributed by atoms with van der Waals surface area (Å²) in [5, 5.41) is 13.7. The SMILES string of the molecule is CC(=O)NCCNC(=O)c1ccc(C#N)nc1. The first-order valence-electron chi connectivity index (χ1n) is 5.02. The van der Waals surface area contributed by atoms with Crippen LogP contribution in [0.5, 0.6) is 0 Å². The number of amides is 2. The second kappa shape index (κ2) is 6.23. The Morgan fingerprint density at radius 2 is 2.06 bits per heavy atom. The predicted molar refractivity (Wildman–Crippen MR) is 60.0 cm³/mol. The summed E-state index contributed by atoms with van der Waals surface area (Å²) in [6.45, 7) is 2.13. The quantitative estimate of drug-likeness (QED) is 0.704. The molecule has 0 saturated carbocycles. The summed E-state index contributed by atoms with van der Waals surface area (Å²) in [6.07, 6.45) is 1.34. The molecule has 1 rings (SSSR count). The second-order valence-corrected chi connectivity index (χ2v) is 3.28. The Labute approximate surface area is 98.7 Å². The third-order valence-corrected chi connectivity index (χ3v) is 1.92. The summed E-state index contributed by atoms with van der Waals surface area (Å²) >= 11 is 0. The Bertz CT molecular complexity index is 448. The van der Waals surface area contributed by atoms with Crippen LogP contribution >= 0.6 is 0 Å². The van der Waals surface area contributed by atoms with E-state index in [0.29, 0.717) is 18.7 Å². The minimum absolute atomic E-state index is 0.140. The van der Waals surface area contributed by atoms with Gasteiger partial charge in [-0.15, -0.1) is 0 Å². The molecule has 0 radical (unpaired) electrons. The molecule has 0 atom stereocenters. The van der Waals surface area contributed by atoms with Crippen molar-refractivity contribution in [2.24, 2.45) is 0 Å². The fourth-order valence-electron chi connectivity index (χ4n) is 1.11. The Balaban J connectivity index is 2.42. The average molecular weight is 232 g/mol. The van der Waals surface area contributed by atoms with E-state index in [9.17, 15) is 9.59 Å². The topological polar surface area (TPSA) is 94.9 Å². The first kappa shape index (κ1) is 12.6. The summed E-state index contributed by atoms with van der Waals surface area (Å²) in [7, 11) is 0. The minimum atomic E-state index is -0.285. The molecule has 17 heavy (non-hydrogen) atoms. The maximum Gasteiger partial charge on any atom is 0.252 e. The number of nitrogens with one attached hydrogen (secondary N) is 2. The Morgan fingerprint density at radius 1 is 1.35 bits per heavy atom. The van der Waals surface area contributed by atoms with Crippen LogP contribution in [0, 0.1) is 11.3 Å². The van der Waals surface area contributed by atoms with Gasteiger partial charge in [-0.25, -0.2) is 4.98 Å². The Kier molecular flexibility index (Phi) is 4.63. The number of hydrogen-bond donors (Lipinski definition) is 2. The van der Waals surface area contributed by atoms with Crippen molar-refractivity contribution in [2.75, 3.05) is 13.1 Å². The van der Waals surface area contributed by atoms with Gasteiger partial charge in [0.05, 0.1) is 5.56 Å². The molecule has 0 saturated heterocycles. The van der Waals surface area contributed by atoms with Crippen LogP contribution in [-0.2, 0) is 4.79 Å². The van der Waals surface area contributed by atoms with Crippen molar-refractivity contribution in [3.8, 4) is 6.07 Å². The second-order valence-electron chi connectivity index (χ2n) is 3.28. The molecule has 2 amide bonds. The highest BCUT2D eigenvalue weighted by Gasteiger charge is 2.05. The van der Waals surface area contributed by atoms with E-state index in [4.69, 9.17) is 5.26 Å². The van der Waals surface area contributed by atoms with Crippen molar-refractivity contribution in [3.05, 3.63) is 29.6 Å². The van der Waals surface area contributed by atoms with Gasteiger partial charge in [0, 0.05) is 26.2 Å². The van der Waals surface area contributed by atoms with Crippen LogP contribution < -0.4 is 10.6 Å². The highest BCUT2D eigenvalue weighted by atomic mass is 16.2. The highest BCUT2D eigenvalue weighted by Crippen LogP contribution is 1.98. The van der Waals surface area contributed by atoms with Crippen molar-refractivity contribution in [2.45, 2.75) is 6.92 Å². The number of carbonyl (C=O) groups is 2. The summed E-state index contributed by atoms with van der Waals surface area (Å²) in [4.78, 5) is 25.9.